The summed E-state index contributed by atoms with van der Waals surface area (Å²) in [6.07, 6.45) is 6.19. The molecule has 0 saturated carbocycles. The Balaban J connectivity index is 4.75. The molecule has 0 saturated heterocycles. The van der Waals surface area contributed by atoms with Crippen molar-refractivity contribution >= 4 is 7.85 Å². The molecule has 0 fully saturated rings. The molecule has 0 aromatic rings. The van der Waals surface area contributed by atoms with E-state index in [0.29, 0.717) is 5.92 Å². The Kier molecular flexibility index (Phi) is 5.99. The number of hydrogen-bond donors (Lipinski definition) is 0. The molecule has 0 amide bonds. The largest absolute Gasteiger partial charge is 0.0753 e. The van der Waals surface area contributed by atoms with Gasteiger partial charge in [-0.25, -0.2) is 0 Å². The summed E-state index contributed by atoms with van der Waals surface area (Å²) in [5.41, 5.74) is 0.238. The zero-order valence-electron chi connectivity index (χ0n) is 11.7. The summed E-state index contributed by atoms with van der Waals surface area (Å²) in [5.74, 6) is 0.669. The lowest BCUT2D eigenvalue weighted by Crippen LogP contribution is -2.35. The minimum atomic E-state index is -0.0340. The predicted octanol–water partition coefficient (Wildman–Crippen LogP) is 4.99. The molecule has 15 heavy (non-hydrogen) atoms. The van der Waals surface area contributed by atoms with Crippen LogP contribution in [-0.4, -0.2) is 7.85 Å². The van der Waals surface area contributed by atoms with Gasteiger partial charge in [0.15, 0.2) is 0 Å². The zero-order chi connectivity index (χ0) is 12.1. The third kappa shape index (κ3) is 3.54. The molecule has 0 aliphatic heterocycles. The summed E-state index contributed by atoms with van der Waals surface area (Å²) in [6, 6.07) is 0. The first kappa shape index (κ1) is 15.1. The van der Waals surface area contributed by atoms with Gasteiger partial charge in [-0.3, -0.25) is 0 Å². The van der Waals surface area contributed by atoms with Crippen LogP contribution >= 0.6 is 0 Å². The topological polar surface area (TPSA) is 0 Å². The molecule has 0 aromatic carbocycles. The summed E-state index contributed by atoms with van der Waals surface area (Å²) in [5, 5.41) is -0.0340. The van der Waals surface area contributed by atoms with Gasteiger partial charge < -0.3 is 0 Å². The highest BCUT2D eigenvalue weighted by Crippen LogP contribution is 2.53. The number of hydrogen-bond acceptors (Lipinski definition) is 0. The van der Waals surface area contributed by atoms with E-state index < -0.39 is 0 Å². The molecule has 2 radical (unpaired) electrons. The van der Waals surface area contributed by atoms with Gasteiger partial charge in [0.25, 0.3) is 0 Å². The van der Waals surface area contributed by atoms with Crippen molar-refractivity contribution < 1.29 is 0 Å². The van der Waals surface area contributed by atoms with Crippen molar-refractivity contribution in [2.45, 2.75) is 79.0 Å². The highest BCUT2D eigenvalue weighted by atomic mass is 14.4. The molecular weight excluding hydrogens is 179 g/mol. The van der Waals surface area contributed by atoms with Crippen molar-refractivity contribution in [2.75, 3.05) is 0 Å². The van der Waals surface area contributed by atoms with E-state index in [1.165, 1.54) is 25.7 Å². The molecule has 1 heteroatoms. The third-order valence-corrected chi connectivity index (χ3v) is 4.46. The van der Waals surface area contributed by atoms with E-state index in [1.54, 1.807) is 0 Å². The van der Waals surface area contributed by atoms with Crippen LogP contribution in [0.2, 0.25) is 5.31 Å². The van der Waals surface area contributed by atoms with E-state index in [2.05, 4.69) is 41.5 Å². The van der Waals surface area contributed by atoms with Crippen molar-refractivity contribution in [3.63, 3.8) is 0 Å². The minimum Gasteiger partial charge on any atom is -0.0669 e. The lowest BCUT2D eigenvalue weighted by atomic mass is 9.47. The molecule has 1 atom stereocenters. The first-order chi connectivity index (χ1) is 6.83. The molecule has 0 nitrogen and oxygen atoms in total. The Bertz CT molecular complexity index is 164. The first-order valence-electron chi connectivity index (χ1n) is 6.62. The van der Waals surface area contributed by atoms with Crippen molar-refractivity contribution in [3.8, 4) is 0 Å². The van der Waals surface area contributed by atoms with Crippen LogP contribution in [0.1, 0.15) is 73.6 Å². The minimum absolute atomic E-state index is 0.0340. The van der Waals surface area contributed by atoms with Crippen molar-refractivity contribution in [3.05, 3.63) is 0 Å². The molecule has 0 spiro atoms. The lowest BCUT2D eigenvalue weighted by Gasteiger charge is -2.48. The summed E-state index contributed by atoms with van der Waals surface area (Å²) < 4.78 is 0. The maximum Gasteiger partial charge on any atom is 0.0753 e. The van der Waals surface area contributed by atoms with Gasteiger partial charge in [0.1, 0.15) is 0 Å². The SMILES string of the molecule is [B]C(C)(C(CCC)CCC)C(C)(C)CC. The quantitative estimate of drug-likeness (QED) is 0.517. The Labute approximate surface area is 98.6 Å². The van der Waals surface area contributed by atoms with Crippen LogP contribution in [0.15, 0.2) is 0 Å². The summed E-state index contributed by atoms with van der Waals surface area (Å²) in [4.78, 5) is 0. The second-order valence-electron chi connectivity index (χ2n) is 5.79. The van der Waals surface area contributed by atoms with Crippen molar-refractivity contribution in [2.24, 2.45) is 11.3 Å². The van der Waals surface area contributed by atoms with Gasteiger partial charge in [-0.1, -0.05) is 79.0 Å². The second kappa shape index (κ2) is 5.96. The maximum atomic E-state index is 6.62. The summed E-state index contributed by atoms with van der Waals surface area (Å²) >= 11 is 0. The van der Waals surface area contributed by atoms with Crippen LogP contribution in [0.25, 0.3) is 0 Å². The van der Waals surface area contributed by atoms with Gasteiger partial charge in [0.2, 0.25) is 0 Å². The van der Waals surface area contributed by atoms with Gasteiger partial charge >= 0.3 is 0 Å². The molecule has 0 heterocycles. The molecule has 0 aliphatic rings. The van der Waals surface area contributed by atoms with Gasteiger partial charge in [-0.2, -0.15) is 0 Å². The molecule has 88 valence electrons. The monoisotopic (exact) mass is 208 g/mol. The standard InChI is InChI=1S/C14H29B/c1-7-10-12(11-8-2)14(6,15)13(4,5)9-3/h12H,7-11H2,1-6H3. The molecule has 0 N–H and O–H groups in total. The fourth-order valence-corrected chi connectivity index (χ4v) is 2.37. The smallest absolute Gasteiger partial charge is 0.0669 e. The van der Waals surface area contributed by atoms with Gasteiger partial charge in [0, 0.05) is 0 Å². The van der Waals surface area contributed by atoms with E-state index >= 15 is 0 Å². The van der Waals surface area contributed by atoms with Crippen LogP contribution in [0.5, 0.6) is 0 Å². The Morgan fingerprint density at radius 1 is 0.933 bits per heavy atom. The van der Waals surface area contributed by atoms with Crippen LogP contribution < -0.4 is 0 Å². The van der Waals surface area contributed by atoms with Gasteiger partial charge in [-0.05, 0) is 11.3 Å². The van der Waals surface area contributed by atoms with Crippen LogP contribution in [0.4, 0.5) is 0 Å². The van der Waals surface area contributed by atoms with Crippen molar-refractivity contribution in [1.82, 2.24) is 0 Å². The second-order valence-corrected chi connectivity index (χ2v) is 5.79. The maximum absolute atomic E-state index is 6.62. The zero-order valence-corrected chi connectivity index (χ0v) is 11.7. The van der Waals surface area contributed by atoms with E-state index in [-0.39, 0.29) is 10.7 Å². The third-order valence-electron chi connectivity index (χ3n) is 4.46. The molecule has 0 bridgehead atoms. The lowest BCUT2D eigenvalue weighted by molar-refractivity contribution is 0.153. The van der Waals surface area contributed by atoms with Crippen LogP contribution in [0, 0.1) is 11.3 Å². The molecule has 1 unspecified atom stereocenters. The van der Waals surface area contributed by atoms with Crippen LogP contribution in [-0.2, 0) is 0 Å². The Morgan fingerprint density at radius 2 is 1.33 bits per heavy atom. The molecule has 0 aromatic heterocycles. The molecular formula is C14H29B. The Hall–Kier alpha value is 0.0649. The van der Waals surface area contributed by atoms with E-state index in [4.69, 9.17) is 7.85 Å². The van der Waals surface area contributed by atoms with Crippen LogP contribution in [0.3, 0.4) is 0 Å². The molecule has 0 rings (SSSR count). The predicted molar refractivity (Wildman–Crippen MR) is 71.5 cm³/mol. The van der Waals surface area contributed by atoms with E-state index in [1.807, 2.05) is 0 Å². The highest BCUT2D eigenvalue weighted by molar-refractivity contribution is 6.15. The number of rotatable bonds is 7. The molecule has 0 aliphatic carbocycles. The average Bonchev–Trinajstić information content (AvgIpc) is 2.17. The highest BCUT2D eigenvalue weighted by Gasteiger charge is 2.39. The van der Waals surface area contributed by atoms with E-state index in [0.717, 1.165) is 6.42 Å². The average molecular weight is 208 g/mol. The van der Waals surface area contributed by atoms with Gasteiger partial charge in [-0.15, -0.1) is 0 Å². The Morgan fingerprint density at radius 3 is 1.60 bits per heavy atom. The fraction of sp³-hybridized carbons (Fsp3) is 1.00. The summed E-state index contributed by atoms with van der Waals surface area (Å²) in [7, 11) is 6.62. The normalized spacial score (nSPS) is 16.7. The fourth-order valence-electron chi connectivity index (χ4n) is 2.37. The van der Waals surface area contributed by atoms with E-state index in [9.17, 15) is 0 Å². The van der Waals surface area contributed by atoms with Crippen molar-refractivity contribution in [1.29, 1.82) is 0 Å². The summed E-state index contributed by atoms with van der Waals surface area (Å²) in [6.45, 7) is 13.7. The first-order valence-corrected chi connectivity index (χ1v) is 6.62. The van der Waals surface area contributed by atoms with Gasteiger partial charge in [0.05, 0.1) is 7.85 Å².